The van der Waals surface area contributed by atoms with E-state index in [0.29, 0.717) is 5.75 Å². The molecule has 0 saturated carbocycles. The monoisotopic (exact) mass is 498 g/mol. The number of halogens is 4. The average molecular weight is 499 g/mol. The number of anilines is 1. The molecule has 0 aliphatic rings. The molecule has 0 saturated heterocycles. The van der Waals surface area contributed by atoms with Crippen LogP contribution in [0.15, 0.2) is 54.7 Å². The second-order valence-corrected chi connectivity index (χ2v) is 8.00. The van der Waals surface area contributed by atoms with E-state index in [9.17, 15) is 23.2 Å². The first-order valence-electron chi connectivity index (χ1n) is 10.4. The van der Waals surface area contributed by atoms with E-state index in [-0.39, 0.29) is 44.8 Å². The zero-order chi connectivity index (χ0) is 25.1. The fraction of sp³-hybridized carbons (Fsp3) is 0.160. The summed E-state index contributed by atoms with van der Waals surface area (Å²) in [5.41, 5.74) is 1.01. The van der Waals surface area contributed by atoms with Crippen LogP contribution in [-0.2, 0) is 13.1 Å². The number of carbonyl (C=O) groups excluding carboxylic acids is 1. The molecule has 4 aromatic rings. The van der Waals surface area contributed by atoms with Gasteiger partial charge < -0.3 is 10.1 Å². The van der Waals surface area contributed by atoms with Gasteiger partial charge in [0.05, 0.1) is 35.0 Å². The number of alkyl halides is 2. The van der Waals surface area contributed by atoms with Crippen LogP contribution in [0, 0.1) is 17.1 Å². The summed E-state index contributed by atoms with van der Waals surface area (Å²) >= 11 is 6.17. The van der Waals surface area contributed by atoms with Crippen LogP contribution in [0.4, 0.5) is 18.9 Å². The number of hydrogen-bond donors (Lipinski definition) is 1. The number of hydrogen-bond acceptors (Lipinski definition) is 5. The molecule has 4 rings (SSSR count). The Morgan fingerprint density at radius 1 is 1.23 bits per heavy atom. The van der Waals surface area contributed by atoms with Crippen molar-refractivity contribution in [2.45, 2.75) is 19.5 Å². The molecule has 0 spiro atoms. The maximum absolute atomic E-state index is 13.9. The lowest BCUT2D eigenvalue weighted by atomic mass is 9.94. The van der Waals surface area contributed by atoms with Gasteiger partial charge in [0.15, 0.2) is 5.78 Å². The van der Waals surface area contributed by atoms with Crippen molar-refractivity contribution in [1.82, 2.24) is 9.78 Å². The Balaban J connectivity index is 1.87. The lowest BCUT2D eigenvalue weighted by Crippen LogP contribution is -2.13. The summed E-state index contributed by atoms with van der Waals surface area (Å²) in [5.74, 6) is -0.698. The van der Waals surface area contributed by atoms with Crippen molar-refractivity contribution in [3.8, 4) is 11.8 Å². The van der Waals surface area contributed by atoms with Gasteiger partial charge in [-0.2, -0.15) is 10.4 Å². The molecule has 178 valence electrons. The van der Waals surface area contributed by atoms with Gasteiger partial charge in [-0.15, -0.1) is 0 Å². The van der Waals surface area contributed by atoms with Gasteiger partial charge in [-0.05, 0) is 42.0 Å². The number of ether oxygens (including phenoxy) is 1. The van der Waals surface area contributed by atoms with Crippen molar-refractivity contribution >= 4 is 34.0 Å². The molecule has 6 nitrogen and oxygen atoms in total. The van der Waals surface area contributed by atoms with Crippen molar-refractivity contribution in [3.63, 3.8) is 0 Å². The Hall–Kier alpha value is -4.03. The van der Waals surface area contributed by atoms with E-state index in [0.717, 1.165) is 22.4 Å². The van der Waals surface area contributed by atoms with Crippen LogP contribution in [0.5, 0.6) is 5.75 Å². The van der Waals surface area contributed by atoms with E-state index in [4.69, 9.17) is 16.3 Å². The van der Waals surface area contributed by atoms with E-state index in [1.54, 1.807) is 19.2 Å². The highest BCUT2D eigenvalue weighted by Crippen LogP contribution is 2.33. The van der Waals surface area contributed by atoms with Crippen molar-refractivity contribution in [2.24, 2.45) is 0 Å². The summed E-state index contributed by atoms with van der Waals surface area (Å²) in [6.45, 7) is -0.449. The fourth-order valence-corrected chi connectivity index (χ4v) is 3.94. The van der Waals surface area contributed by atoms with Crippen LogP contribution < -0.4 is 10.1 Å². The molecule has 0 radical (unpaired) electrons. The standard InChI is InChI=1S/C25H18ClF3N4O2/c1-35-16-5-2-14(3-6-16)11-31-21-9-22-19(12-32-33(22)13-23(28)29)18(10-30)24(21)25(34)17-8-15(27)4-7-20(17)26/h2-9,12,23,31H,11,13H2,1H3. The largest absolute Gasteiger partial charge is 0.497 e. The molecule has 3 aromatic carbocycles. The Kier molecular flexibility index (Phi) is 6.94. The minimum Gasteiger partial charge on any atom is -0.497 e. The first-order chi connectivity index (χ1) is 16.8. The summed E-state index contributed by atoms with van der Waals surface area (Å²) < 4.78 is 46.3. The first kappa shape index (κ1) is 24.1. The smallest absolute Gasteiger partial charge is 0.257 e. The van der Waals surface area contributed by atoms with E-state index in [1.165, 1.54) is 18.3 Å². The predicted octanol–water partition coefficient (Wildman–Crippen LogP) is 5.82. The number of nitrogens with one attached hydrogen (secondary N) is 1. The molecule has 0 unspecified atom stereocenters. The number of aromatic nitrogens is 2. The maximum Gasteiger partial charge on any atom is 0.257 e. The highest BCUT2D eigenvalue weighted by atomic mass is 35.5. The predicted molar refractivity (Wildman–Crippen MR) is 126 cm³/mol. The number of benzene rings is 3. The molecule has 1 N–H and O–H groups in total. The van der Waals surface area contributed by atoms with Gasteiger partial charge in [0, 0.05) is 23.2 Å². The molecule has 0 fully saturated rings. The summed E-state index contributed by atoms with van der Waals surface area (Å²) in [7, 11) is 1.55. The van der Waals surface area contributed by atoms with E-state index in [1.807, 2.05) is 18.2 Å². The first-order valence-corrected chi connectivity index (χ1v) is 10.8. The van der Waals surface area contributed by atoms with Gasteiger partial charge in [0.2, 0.25) is 0 Å². The van der Waals surface area contributed by atoms with Gasteiger partial charge in [0.1, 0.15) is 24.2 Å². The van der Waals surface area contributed by atoms with Crippen molar-refractivity contribution in [2.75, 3.05) is 12.4 Å². The molecule has 0 bridgehead atoms. The molecule has 1 heterocycles. The molecule has 0 amide bonds. The zero-order valence-electron chi connectivity index (χ0n) is 18.4. The maximum atomic E-state index is 13.9. The van der Waals surface area contributed by atoms with E-state index in [2.05, 4.69) is 10.4 Å². The van der Waals surface area contributed by atoms with Crippen LogP contribution in [0.25, 0.3) is 10.9 Å². The minimum atomic E-state index is -2.67. The van der Waals surface area contributed by atoms with E-state index >= 15 is 0 Å². The molecule has 1 aromatic heterocycles. The number of rotatable bonds is 8. The van der Waals surface area contributed by atoms with Crippen molar-refractivity contribution in [3.05, 3.63) is 87.8 Å². The SMILES string of the molecule is COc1ccc(CNc2cc3c(cnn3CC(F)F)c(C#N)c2C(=O)c2cc(F)ccc2Cl)cc1. The molecule has 0 aliphatic carbocycles. The van der Waals surface area contributed by atoms with Gasteiger partial charge in [-0.25, -0.2) is 13.2 Å². The molecule has 0 aliphatic heterocycles. The summed E-state index contributed by atoms with van der Waals surface area (Å²) in [6, 6.07) is 14.0. The Morgan fingerprint density at radius 2 is 1.97 bits per heavy atom. The van der Waals surface area contributed by atoms with Crippen molar-refractivity contribution in [1.29, 1.82) is 5.26 Å². The van der Waals surface area contributed by atoms with E-state index < -0.39 is 24.6 Å². The normalized spacial score (nSPS) is 11.0. The lowest BCUT2D eigenvalue weighted by Gasteiger charge is -2.16. The highest BCUT2D eigenvalue weighted by molar-refractivity contribution is 6.35. The summed E-state index contributed by atoms with van der Waals surface area (Å²) in [5, 5.41) is 17.3. The molecular formula is C25H18ClF3N4O2. The van der Waals surface area contributed by atoms with Gasteiger partial charge in [-0.3, -0.25) is 9.48 Å². The number of methoxy groups -OCH3 is 1. The summed E-state index contributed by atoms with van der Waals surface area (Å²) in [4.78, 5) is 13.5. The third kappa shape index (κ3) is 4.93. The number of carbonyl (C=O) groups is 1. The molecular weight excluding hydrogens is 481 g/mol. The van der Waals surface area contributed by atoms with Gasteiger partial charge in [-0.1, -0.05) is 23.7 Å². The molecule has 10 heteroatoms. The third-order valence-corrected chi connectivity index (χ3v) is 5.74. The number of ketones is 1. The quantitative estimate of drug-likeness (QED) is 0.310. The summed E-state index contributed by atoms with van der Waals surface area (Å²) in [6.07, 6.45) is -1.42. The van der Waals surface area contributed by atoms with Crippen molar-refractivity contribution < 1.29 is 22.7 Å². The lowest BCUT2D eigenvalue weighted by molar-refractivity contribution is 0.103. The van der Waals surface area contributed by atoms with Gasteiger partial charge >= 0.3 is 0 Å². The second kappa shape index (κ2) is 10.1. The van der Waals surface area contributed by atoms with Crippen LogP contribution >= 0.6 is 11.6 Å². The number of nitrogens with zero attached hydrogens (tertiary/aromatic N) is 3. The number of nitriles is 1. The van der Waals surface area contributed by atoms with Crippen LogP contribution in [0.2, 0.25) is 5.02 Å². The molecule has 35 heavy (non-hydrogen) atoms. The average Bonchev–Trinajstić information content (AvgIpc) is 3.24. The van der Waals surface area contributed by atoms with Crippen LogP contribution in [-0.4, -0.2) is 29.1 Å². The minimum absolute atomic E-state index is 0.00915. The number of fused-ring (bicyclic) bond motifs is 1. The Bertz CT molecular complexity index is 1450. The zero-order valence-corrected chi connectivity index (χ0v) is 19.1. The topological polar surface area (TPSA) is 79.9 Å². The van der Waals surface area contributed by atoms with Crippen LogP contribution in [0.1, 0.15) is 27.0 Å². The highest BCUT2D eigenvalue weighted by Gasteiger charge is 2.25. The third-order valence-electron chi connectivity index (χ3n) is 5.41. The van der Waals surface area contributed by atoms with Crippen LogP contribution in [0.3, 0.4) is 0 Å². The van der Waals surface area contributed by atoms with Gasteiger partial charge in [0.25, 0.3) is 6.43 Å². The Morgan fingerprint density at radius 3 is 2.63 bits per heavy atom. The fourth-order valence-electron chi connectivity index (χ4n) is 3.73. The second-order valence-electron chi connectivity index (χ2n) is 7.59. The molecule has 0 atom stereocenters. The Labute approximate surface area is 203 Å².